The fourth-order valence-corrected chi connectivity index (χ4v) is 2.51. The van der Waals surface area contributed by atoms with Crippen molar-refractivity contribution >= 4 is 39.6 Å². The SMILES string of the molecule is CCc1ccccc1NC(=O)COC(=O)/C=C/c1ccccc1Br. The van der Waals surface area contributed by atoms with E-state index in [1.807, 2.05) is 55.5 Å². The maximum absolute atomic E-state index is 11.9. The first-order chi connectivity index (χ1) is 11.6. The minimum absolute atomic E-state index is 0.322. The first kappa shape index (κ1) is 17.9. The molecule has 2 aromatic rings. The lowest BCUT2D eigenvalue weighted by molar-refractivity contribution is -0.142. The van der Waals surface area contributed by atoms with Crippen LogP contribution in [0, 0.1) is 0 Å². The number of para-hydroxylation sites is 1. The van der Waals surface area contributed by atoms with Crippen LogP contribution < -0.4 is 5.32 Å². The predicted molar refractivity (Wildman–Crippen MR) is 98.6 cm³/mol. The molecule has 0 fully saturated rings. The van der Waals surface area contributed by atoms with Gasteiger partial charge >= 0.3 is 5.97 Å². The van der Waals surface area contributed by atoms with Crippen LogP contribution in [0.25, 0.3) is 6.08 Å². The van der Waals surface area contributed by atoms with Crippen molar-refractivity contribution in [2.24, 2.45) is 0 Å². The molecular formula is C19H18BrNO3. The number of ether oxygens (including phenoxy) is 1. The number of amides is 1. The zero-order chi connectivity index (χ0) is 17.4. The monoisotopic (exact) mass is 387 g/mol. The van der Waals surface area contributed by atoms with Gasteiger partial charge in [-0.15, -0.1) is 0 Å². The Hall–Kier alpha value is -2.40. The van der Waals surface area contributed by atoms with Gasteiger partial charge in [-0.1, -0.05) is 59.3 Å². The number of anilines is 1. The van der Waals surface area contributed by atoms with E-state index in [0.29, 0.717) is 0 Å². The van der Waals surface area contributed by atoms with Crippen molar-refractivity contribution in [3.63, 3.8) is 0 Å². The number of esters is 1. The third-order valence-corrected chi connectivity index (χ3v) is 4.04. The van der Waals surface area contributed by atoms with Gasteiger partial charge in [0.2, 0.25) is 0 Å². The van der Waals surface area contributed by atoms with Gasteiger partial charge < -0.3 is 10.1 Å². The van der Waals surface area contributed by atoms with Crippen LogP contribution >= 0.6 is 15.9 Å². The Bertz CT molecular complexity index is 756. The second-order valence-electron chi connectivity index (χ2n) is 5.02. The molecule has 0 saturated carbocycles. The molecule has 0 heterocycles. The van der Waals surface area contributed by atoms with E-state index in [9.17, 15) is 9.59 Å². The number of hydrogen-bond acceptors (Lipinski definition) is 3. The lowest BCUT2D eigenvalue weighted by Gasteiger charge is -2.09. The zero-order valence-electron chi connectivity index (χ0n) is 13.3. The van der Waals surface area contributed by atoms with Crippen molar-refractivity contribution in [2.75, 3.05) is 11.9 Å². The minimum Gasteiger partial charge on any atom is -0.452 e. The van der Waals surface area contributed by atoms with E-state index in [-0.39, 0.29) is 12.5 Å². The Labute approximate surface area is 149 Å². The van der Waals surface area contributed by atoms with Crippen LogP contribution in [-0.4, -0.2) is 18.5 Å². The number of nitrogens with one attached hydrogen (secondary N) is 1. The van der Waals surface area contributed by atoms with Gasteiger partial charge in [-0.2, -0.15) is 0 Å². The predicted octanol–water partition coefficient (Wildman–Crippen LogP) is 4.21. The van der Waals surface area contributed by atoms with Gasteiger partial charge in [-0.3, -0.25) is 4.79 Å². The van der Waals surface area contributed by atoms with Crippen LogP contribution in [0.15, 0.2) is 59.1 Å². The zero-order valence-corrected chi connectivity index (χ0v) is 14.9. The van der Waals surface area contributed by atoms with Gasteiger partial charge in [-0.25, -0.2) is 4.79 Å². The maximum Gasteiger partial charge on any atom is 0.331 e. The van der Waals surface area contributed by atoms with Crippen molar-refractivity contribution in [1.82, 2.24) is 0 Å². The molecule has 0 spiro atoms. The molecule has 0 aliphatic carbocycles. The van der Waals surface area contributed by atoms with Crippen molar-refractivity contribution < 1.29 is 14.3 Å². The smallest absolute Gasteiger partial charge is 0.331 e. The lowest BCUT2D eigenvalue weighted by atomic mass is 10.1. The van der Waals surface area contributed by atoms with Gasteiger partial charge in [0.1, 0.15) is 0 Å². The summed E-state index contributed by atoms with van der Waals surface area (Å²) in [5.41, 5.74) is 2.63. The largest absolute Gasteiger partial charge is 0.452 e. The van der Waals surface area contributed by atoms with Gasteiger partial charge in [0, 0.05) is 16.2 Å². The summed E-state index contributed by atoms with van der Waals surface area (Å²) in [4.78, 5) is 23.6. The summed E-state index contributed by atoms with van der Waals surface area (Å²) >= 11 is 3.39. The molecule has 1 N–H and O–H groups in total. The number of hydrogen-bond donors (Lipinski definition) is 1. The summed E-state index contributed by atoms with van der Waals surface area (Å²) in [7, 11) is 0. The van der Waals surface area contributed by atoms with Crippen molar-refractivity contribution in [2.45, 2.75) is 13.3 Å². The highest BCUT2D eigenvalue weighted by molar-refractivity contribution is 9.10. The average molecular weight is 388 g/mol. The summed E-state index contributed by atoms with van der Waals surface area (Å²) in [5, 5.41) is 2.75. The van der Waals surface area contributed by atoms with E-state index in [1.165, 1.54) is 6.08 Å². The third kappa shape index (κ3) is 5.35. The fraction of sp³-hybridized carbons (Fsp3) is 0.158. The Morgan fingerprint density at radius 3 is 2.58 bits per heavy atom. The van der Waals surface area contributed by atoms with E-state index >= 15 is 0 Å². The van der Waals surface area contributed by atoms with E-state index in [0.717, 1.165) is 27.7 Å². The van der Waals surface area contributed by atoms with Gasteiger partial charge in [0.05, 0.1) is 0 Å². The lowest BCUT2D eigenvalue weighted by Crippen LogP contribution is -2.20. The molecule has 124 valence electrons. The second-order valence-corrected chi connectivity index (χ2v) is 5.88. The minimum atomic E-state index is -0.565. The molecule has 2 rings (SSSR count). The van der Waals surface area contributed by atoms with Crippen LogP contribution in [0.1, 0.15) is 18.1 Å². The highest BCUT2D eigenvalue weighted by atomic mass is 79.9. The third-order valence-electron chi connectivity index (χ3n) is 3.32. The number of halogens is 1. The van der Waals surface area contributed by atoms with Crippen LogP contribution in [0.3, 0.4) is 0 Å². The first-order valence-corrected chi connectivity index (χ1v) is 8.36. The molecule has 0 atom stereocenters. The van der Waals surface area contributed by atoms with Crippen molar-refractivity contribution in [3.8, 4) is 0 Å². The summed E-state index contributed by atoms with van der Waals surface area (Å²) in [6.07, 6.45) is 3.75. The molecule has 24 heavy (non-hydrogen) atoms. The highest BCUT2D eigenvalue weighted by Gasteiger charge is 2.08. The van der Waals surface area contributed by atoms with Crippen molar-refractivity contribution in [3.05, 3.63) is 70.2 Å². The second kappa shape index (κ2) is 9.03. The quantitative estimate of drug-likeness (QED) is 0.596. The van der Waals surface area contributed by atoms with Crippen LogP contribution in [0.5, 0.6) is 0 Å². The molecule has 0 aliphatic rings. The standard InChI is InChI=1S/C19H18BrNO3/c1-2-14-7-4-6-10-17(14)21-18(22)13-24-19(23)12-11-15-8-3-5-9-16(15)20/h3-12H,2,13H2,1H3,(H,21,22)/b12-11+. The number of aryl methyl sites for hydroxylation is 1. The average Bonchev–Trinajstić information content (AvgIpc) is 2.59. The summed E-state index contributed by atoms with van der Waals surface area (Å²) in [6, 6.07) is 15.0. The van der Waals surface area contributed by atoms with Crippen LogP contribution in [-0.2, 0) is 20.7 Å². The first-order valence-electron chi connectivity index (χ1n) is 7.57. The van der Waals surface area contributed by atoms with Gasteiger partial charge in [0.15, 0.2) is 6.61 Å². The fourth-order valence-electron chi connectivity index (χ4n) is 2.09. The molecule has 5 heteroatoms. The van der Waals surface area contributed by atoms with E-state index in [2.05, 4.69) is 21.2 Å². The molecule has 0 aliphatic heterocycles. The number of benzene rings is 2. The van der Waals surface area contributed by atoms with Crippen LogP contribution in [0.2, 0.25) is 0 Å². The summed E-state index contributed by atoms with van der Waals surface area (Å²) in [5.74, 6) is -0.928. The summed E-state index contributed by atoms with van der Waals surface area (Å²) in [6.45, 7) is 1.69. The Balaban J connectivity index is 1.85. The molecule has 1 amide bonds. The molecule has 2 aromatic carbocycles. The van der Waals surface area contributed by atoms with E-state index < -0.39 is 5.97 Å². The van der Waals surface area contributed by atoms with E-state index in [4.69, 9.17) is 4.74 Å². The molecule has 0 saturated heterocycles. The Morgan fingerprint density at radius 2 is 1.83 bits per heavy atom. The highest BCUT2D eigenvalue weighted by Crippen LogP contribution is 2.17. The Morgan fingerprint density at radius 1 is 1.12 bits per heavy atom. The molecule has 0 bridgehead atoms. The number of carbonyl (C=O) groups excluding carboxylic acids is 2. The maximum atomic E-state index is 11.9. The molecular weight excluding hydrogens is 370 g/mol. The Kier molecular flexibility index (Phi) is 6.75. The summed E-state index contributed by atoms with van der Waals surface area (Å²) < 4.78 is 5.84. The van der Waals surface area contributed by atoms with Gasteiger partial charge in [0.25, 0.3) is 5.91 Å². The normalized spacial score (nSPS) is 10.6. The topological polar surface area (TPSA) is 55.4 Å². The number of rotatable bonds is 6. The van der Waals surface area contributed by atoms with Crippen LogP contribution in [0.4, 0.5) is 5.69 Å². The molecule has 0 unspecified atom stereocenters. The molecule has 0 aromatic heterocycles. The molecule has 4 nitrogen and oxygen atoms in total. The van der Waals surface area contributed by atoms with E-state index in [1.54, 1.807) is 6.08 Å². The van der Waals surface area contributed by atoms with Crippen molar-refractivity contribution in [1.29, 1.82) is 0 Å². The molecule has 0 radical (unpaired) electrons. The van der Waals surface area contributed by atoms with Gasteiger partial charge in [-0.05, 0) is 35.8 Å². The number of carbonyl (C=O) groups is 2.